The van der Waals surface area contributed by atoms with Crippen molar-refractivity contribution in [1.29, 1.82) is 0 Å². The van der Waals surface area contributed by atoms with Crippen LogP contribution < -0.4 is 17.3 Å². The van der Waals surface area contributed by atoms with Crippen LogP contribution in [0.4, 0.5) is 26.3 Å². The van der Waals surface area contributed by atoms with E-state index in [1.807, 2.05) is 0 Å². The molecular weight excluding hydrogens is 729 g/mol. The summed E-state index contributed by atoms with van der Waals surface area (Å²) in [6.07, 6.45) is -11.4. The molecule has 0 radical (unpaired) electrons. The quantitative estimate of drug-likeness (QED) is 0.0877. The summed E-state index contributed by atoms with van der Waals surface area (Å²) in [4.78, 5) is 0.118. The van der Waals surface area contributed by atoms with E-state index in [1.165, 1.54) is 78.6 Å². The smallest absolute Gasteiger partial charge is 0.411 e. The second kappa shape index (κ2) is 13.1. The van der Waals surface area contributed by atoms with Crippen LogP contribution in [0.1, 0.15) is 11.1 Å². The van der Waals surface area contributed by atoms with E-state index in [2.05, 4.69) is 0 Å². The molecule has 0 aliphatic carbocycles. The number of hydrogen-bond donors (Lipinski definition) is 0. The maximum Gasteiger partial charge on any atom is 0.411 e. The summed E-state index contributed by atoms with van der Waals surface area (Å²) >= 11 is 1.47. The standard InChI is InChI=1S/C30H23F6IO6S/c1-40-22-10-14-26(15-11-22)44(38,39)27-16-12-24(13-17-27)42-19-18-41-23-6-2-20(3-7-23)28(29(31,32)33,30(34,35)36)21-4-8-25(43-37)9-5-21/h2-17H,18-19H2,1H3. The van der Waals surface area contributed by atoms with Gasteiger partial charge in [-0.1, -0.05) is 24.3 Å². The summed E-state index contributed by atoms with van der Waals surface area (Å²) in [5.74, 6) is 0.935. The Balaban J connectivity index is 1.42. The molecule has 0 bridgehead atoms. The molecule has 4 aromatic rings. The second-order valence-electron chi connectivity index (χ2n) is 9.22. The van der Waals surface area contributed by atoms with Crippen LogP contribution in [-0.2, 0) is 15.3 Å². The molecule has 44 heavy (non-hydrogen) atoms. The number of halogens is 7. The molecule has 0 atom stereocenters. The average molecular weight is 752 g/mol. The van der Waals surface area contributed by atoms with Crippen LogP contribution in [0.5, 0.6) is 23.0 Å². The number of ether oxygens (including phenoxy) is 3. The first-order chi connectivity index (χ1) is 20.7. The fraction of sp³-hybridized carbons (Fsp3) is 0.200. The van der Waals surface area contributed by atoms with Gasteiger partial charge in [-0.25, -0.2) is 8.42 Å². The number of methoxy groups -OCH3 is 1. The van der Waals surface area contributed by atoms with E-state index >= 15 is 0 Å². The zero-order chi connectivity index (χ0) is 32.2. The molecule has 0 unspecified atom stereocenters. The van der Waals surface area contributed by atoms with Gasteiger partial charge in [-0.2, -0.15) is 26.3 Å². The minimum atomic E-state index is -5.72. The molecule has 234 valence electrons. The highest BCUT2D eigenvalue weighted by atomic mass is 127. The van der Waals surface area contributed by atoms with E-state index in [1.54, 1.807) is 0 Å². The van der Waals surface area contributed by atoms with E-state index in [4.69, 9.17) is 17.3 Å². The third-order valence-electron chi connectivity index (χ3n) is 6.64. The average Bonchev–Trinajstić information content (AvgIpc) is 2.99. The summed E-state index contributed by atoms with van der Waals surface area (Å²) in [5, 5.41) is 0. The van der Waals surface area contributed by atoms with Crippen LogP contribution in [0.3, 0.4) is 0 Å². The van der Waals surface area contributed by atoms with E-state index < -0.39 is 38.7 Å². The van der Waals surface area contributed by atoms with Crippen LogP contribution in [0.15, 0.2) is 107 Å². The molecule has 14 heteroatoms. The molecule has 6 nitrogen and oxygen atoms in total. The van der Waals surface area contributed by atoms with Crippen molar-refractivity contribution < 1.29 is 52.0 Å². The molecule has 0 saturated carbocycles. The molecule has 0 fully saturated rings. The van der Waals surface area contributed by atoms with Crippen molar-refractivity contribution in [2.24, 2.45) is 0 Å². The maximum atomic E-state index is 14.3. The lowest BCUT2D eigenvalue weighted by Gasteiger charge is -2.38. The minimum Gasteiger partial charge on any atom is -0.497 e. The van der Waals surface area contributed by atoms with Crippen molar-refractivity contribution in [3.8, 4) is 23.0 Å². The van der Waals surface area contributed by atoms with Crippen LogP contribution in [0.25, 0.3) is 0 Å². The summed E-state index contributed by atoms with van der Waals surface area (Å²) in [5.41, 5.74) is -6.34. The normalized spacial score (nSPS) is 12.5. The Kier molecular flexibility index (Phi) is 9.93. The van der Waals surface area contributed by atoms with Gasteiger partial charge in [0, 0.05) is 0 Å². The fourth-order valence-electron chi connectivity index (χ4n) is 4.46. The van der Waals surface area contributed by atoms with Gasteiger partial charge >= 0.3 is 12.4 Å². The van der Waals surface area contributed by atoms with E-state index in [0.29, 0.717) is 11.5 Å². The van der Waals surface area contributed by atoms with Crippen molar-refractivity contribution in [2.75, 3.05) is 20.3 Å². The summed E-state index contributed by atoms with van der Waals surface area (Å²) in [6.45, 7) is -0.153. The third kappa shape index (κ3) is 6.70. The Hall–Kier alpha value is -3.66. The fourth-order valence-corrected chi connectivity index (χ4v) is 6.02. The summed E-state index contributed by atoms with van der Waals surface area (Å²) in [6, 6.07) is 18.5. The number of sulfone groups is 1. The first-order valence-electron chi connectivity index (χ1n) is 12.6. The lowest BCUT2D eigenvalue weighted by molar-refractivity contribution is -0.288. The highest BCUT2D eigenvalue weighted by Gasteiger charge is 2.72. The van der Waals surface area contributed by atoms with E-state index in [0.717, 1.165) is 48.5 Å². The van der Waals surface area contributed by atoms with Gasteiger partial charge in [0.25, 0.3) is 0 Å². The molecule has 0 saturated heterocycles. The van der Waals surface area contributed by atoms with Gasteiger partial charge in [-0.15, -0.1) is 0 Å². The van der Waals surface area contributed by atoms with Gasteiger partial charge < -0.3 is 17.3 Å². The van der Waals surface area contributed by atoms with Crippen LogP contribution in [0, 0.1) is 0 Å². The largest absolute Gasteiger partial charge is 0.497 e. The molecule has 0 aromatic heterocycles. The molecule has 0 aliphatic rings. The van der Waals surface area contributed by atoms with Crippen molar-refractivity contribution >= 4 is 32.8 Å². The Morgan fingerprint density at radius 2 is 0.909 bits per heavy atom. The van der Waals surface area contributed by atoms with Crippen LogP contribution in [0.2, 0.25) is 0 Å². The van der Waals surface area contributed by atoms with Gasteiger partial charge in [0.15, 0.2) is 23.0 Å². The zero-order valence-corrected chi connectivity index (χ0v) is 25.6. The first kappa shape index (κ1) is 33.2. The molecule has 0 N–H and O–H groups in total. The predicted octanol–water partition coefficient (Wildman–Crippen LogP) is 8.13. The van der Waals surface area contributed by atoms with Gasteiger partial charge in [0.1, 0.15) is 36.2 Å². The van der Waals surface area contributed by atoms with Crippen LogP contribution in [-0.4, -0.2) is 41.1 Å². The second-order valence-corrected chi connectivity index (χ2v) is 11.6. The number of rotatable bonds is 11. The number of alkyl halides is 6. The Morgan fingerprint density at radius 3 is 1.25 bits per heavy atom. The highest BCUT2D eigenvalue weighted by Crippen LogP contribution is 2.56. The highest BCUT2D eigenvalue weighted by molar-refractivity contribution is 14.1. The lowest BCUT2D eigenvalue weighted by atomic mass is 9.73. The molecule has 0 amide bonds. The summed E-state index contributed by atoms with van der Waals surface area (Å²) < 4.78 is 132. The topological polar surface area (TPSA) is 71.1 Å². The lowest BCUT2D eigenvalue weighted by Crippen LogP contribution is -2.54. The molecule has 0 heterocycles. The van der Waals surface area contributed by atoms with Gasteiger partial charge in [-0.05, 0) is 83.9 Å². The van der Waals surface area contributed by atoms with E-state index in [9.17, 15) is 34.8 Å². The molecular formula is C30H23F6IO6S. The number of hydrogen-bond acceptors (Lipinski definition) is 6. The first-order valence-corrected chi connectivity index (χ1v) is 15.0. The predicted molar refractivity (Wildman–Crippen MR) is 156 cm³/mol. The SMILES string of the molecule is COc1ccc(S(=O)(=O)c2ccc(OCCOc3ccc(C(c4ccc(OI)cc4)(C(F)(F)F)C(F)(F)F)cc3)cc2)cc1. The molecule has 4 rings (SSSR count). The summed E-state index contributed by atoms with van der Waals surface area (Å²) in [7, 11) is -2.31. The maximum absolute atomic E-state index is 14.3. The van der Waals surface area contributed by atoms with Crippen molar-refractivity contribution in [3.05, 3.63) is 108 Å². The Morgan fingerprint density at radius 1 is 0.568 bits per heavy atom. The van der Waals surface area contributed by atoms with Crippen molar-refractivity contribution in [1.82, 2.24) is 0 Å². The Bertz CT molecular complexity index is 1630. The van der Waals surface area contributed by atoms with Crippen molar-refractivity contribution in [2.45, 2.75) is 27.6 Å². The van der Waals surface area contributed by atoms with Gasteiger partial charge in [0.2, 0.25) is 15.3 Å². The van der Waals surface area contributed by atoms with Crippen molar-refractivity contribution in [3.63, 3.8) is 0 Å². The van der Waals surface area contributed by atoms with E-state index in [-0.39, 0.29) is 34.5 Å². The monoisotopic (exact) mass is 752 g/mol. The van der Waals surface area contributed by atoms with Crippen LogP contribution >= 0.6 is 23.0 Å². The zero-order valence-electron chi connectivity index (χ0n) is 22.7. The molecule has 4 aromatic carbocycles. The van der Waals surface area contributed by atoms with Gasteiger partial charge in [0.05, 0.1) is 16.9 Å². The molecule has 0 spiro atoms. The third-order valence-corrected chi connectivity index (χ3v) is 8.93. The minimum absolute atomic E-state index is 0.0187. The molecule has 0 aliphatic heterocycles. The van der Waals surface area contributed by atoms with Gasteiger partial charge in [-0.3, -0.25) is 0 Å². The number of benzene rings is 4. The Labute approximate surface area is 263 Å².